The summed E-state index contributed by atoms with van der Waals surface area (Å²) in [5.41, 5.74) is 4.81. The molecule has 0 saturated heterocycles. The van der Waals surface area contributed by atoms with Crippen LogP contribution in [0.1, 0.15) is 51.2 Å². The summed E-state index contributed by atoms with van der Waals surface area (Å²) in [5.74, 6) is 0.388. The maximum atomic E-state index is 4.97. The molecule has 2 bridgehead atoms. The fourth-order valence-electron chi connectivity index (χ4n) is 4.59. The van der Waals surface area contributed by atoms with Crippen LogP contribution in [-0.2, 0) is 5.54 Å². The topological polar surface area (TPSA) is 7.37 Å². The molecule has 3 heterocycles. The average molecular weight is 342 g/mol. The molecule has 2 heteroatoms. The zero-order chi connectivity index (χ0) is 18.4. The summed E-state index contributed by atoms with van der Waals surface area (Å²) >= 11 is 0. The molecule has 0 N–H and O–H groups in total. The second-order valence-corrected chi connectivity index (χ2v) is 7.41. The minimum absolute atomic E-state index is 0.108. The van der Waals surface area contributed by atoms with Crippen LogP contribution in [0.2, 0.25) is 0 Å². The molecular formula is C24H26N2+2. The van der Waals surface area contributed by atoms with Gasteiger partial charge in [0.2, 0.25) is 11.9 Å². The first kappa shape index (κ1) is 16.8. The number of hydrogen-bond donors (Lipinski definition) is 0. The Morgan fingerprint density at radius 3 is 2.46 bits per heavy atom. The average Bonchev–Trinajstić information content (AvgIpc) is 2.84. The lowest BCUT2D eigenvalue weighted by Gasteiger charge is -2.26. The van der Waals surface area contributed by atoms with Crippen molar-refractivity contribution in [2.24, 2.45) is 0 Å². The lowest BCUT2D eigenvalue weighted by atomic mass is 9.69. The van der Waals surface area contributed by atoms with Crippen molar-refractivity contribution in [2.75, 3.05) is 0 Å². The van der Waals surface area contributed by atoms with Crippen LogP contribution in [0.4, 0.5) is 5.69 Å². The van der Waals surface area contributed by atoms with Crippen LogP contribution in [-0.4, -0.2) is 16.3 Å². The fourth-order valence-corrected chi connectivity index (χ4v) is 4.59. The predicted molar refractivity (Wildman–Crippen MR) is 109 cm³/mol. The monoisotopic (exact) mass is 342 g/mol. The second-order valence-electron chi connectivity index (χ2n) is 7.41. The highest BCUT2D eigenvalue weighted by molar-refractivity contribution is 5.85. The number of nitrogens with zero attached hydrogens (tertiary/aromatic N) is 2. The highest BCUT2D eigenvalue weighted by atomic mass is 15.2. The third-order valence-electron chi connectivity index (χ3n) is 5.73. The fraction of sp³-hybridized carbons (Fsp3) is 0.333. The molecule has 2 aromatic carbocycles. The van der Waals surface area contributed by atoms with Gasteiger partial charge in [-0.25, -0.2) is 0 Å². The highest BCUT2D eigenvalue weighted by Gasteiger charge is 2.67. The first-order valence-corrected chi connectivity index (χ1v) is 9.60. The Balaban J connectivity index is 0.000000814. The van der Waals surface area contributed by atoms with Crippen molar-refractivity contribution in [3.05, 3.63) is 82.2 Å². The van der Waals surface area contributed by atoms with Crippen LogP contribution < -0.4 is 0 Å². The van der Waals surface area contributed by atoms with Crippen molar-refractivity contribution >= 4 is 11.9 Å². The smallest absolute Gasteiger partial charge is 0.185 e. The van der Waals surface area contributed by atoms with Crippen LogP contribution in [0.25, 0.3) is 4.85 Å². The van der Waals surface area contributed by atoms with E-state index in [0.29, 0.717) is 5.92 Å². The van der Waals surface area contributed by atoms with Gasteiger partial charge in [-0.15, -0.1) is 0 Å². The Labute approximate surface area is 156 Å². The van der Waals surface area contributed by atoms with Gasteiger partial charge in [-0.1, -0.05) is 61.2 Å². The van der Waals surface area contributed by atoms with E-state index < -0.39 is 5.54 Å². The number of allylic oxidation sites excluding steroid dienone is 1. The van der Waals surface area contributed by atoms with Gasteiger partial charge in [-0.2, -0.15) is 4.58 Å². The van der Waals surface area contributed by atoms with Crippen molar-refractivity contribution in [2.45, 2.75) is 51.1 Å². The van der Waals surface area contributed by atoms with Crippen LogP contribution in [0.3, 0.4) is 0 Å². The first-order chi connectivity index (χ1) is 12.6. The molecule has 3 aliphatic heterocycles. The van der Waals surface area contributed by atoms with Crippen molar-refractivity contribution in [1.82, 2.24) is 0 Å². The first-order valence-electron chi connectivity index (χ1n) is 9.60. The molecular weight excluding hydrogens is 316 g/mol. The van der Waals surface area contributed by atoms with Crippen LogP contribution in [0, 0.1) is 6.07 Å². The van der Waals surface area contributed by atoms with Gasteiger partial charge in [-0.05, 0) is 11.6 Å². The summed E-state index contributed by atoms with van der Waals surface area (Å²) < 4.78 is 2.38. The number of fused-ring (bicyclic) bond motifs is 1. The van der Waals surface area contributed by atoms with Gasteiger partial charge in [0.25, 0.3) is 6.07 Å². The second kappa shape index (κ2) is 5.95. The van der Waals surface area contributed by atoms with Gasteiger partial charge in [0.05, 0.1) is 12.0 Å². The highest BCUT2D eigenvalue weighted by Crippen LogP contribution is 2.54. The third-order valence-corrected chi connectivity index (χ3v) is 5.73. The van der Waals surface area contributed by atoms with Crippen LogP contribution in [0.5, 0.6) is 0 Å². The maximum Gasteiger partial charge on any atom is 0.408 e. The van der Waals surface area contributed by atoms with E-state index in [4.69, 9.17) is 4.85 Å². The molecule has 2 atom stereocenters. The Morgan fingerprint density at radius 1 is 1.00 bits per heavy atom. The molecule has 6 rings (SSSR count). The summed E-state index contributed by atoms with van der Waals surface area (Å²) in [6.07, 6.45) is 5.63. The van der Waals surface area contributed by atoms with Crippen molar-refractivity contribution in [1.29, 1.82) is 0 Å². The Kier molecular flexibility index (Phi) is 3.84. The number of benzene rings is 2. The van der Waals surface area contributed by atoms with E-state index in [1.807, 2.05) is 13.8 Å². The van der Waals surface area contributed by atoms with Crippen LogP contribution >= 0.6 is 0 Å². The minimum atomic E-state index is -0.400. The minimum Gasteiger partial charge on any atom is -0.185 e. The van der Waals surface area contributed by atoms with E-state index in [-0.39, 0.29) is 5.54 Å². The largest absolute Gasteiger partial charge is 0.408 e. The molecule has 2 aromatic rings. The molecule has 0 amide bonds. The molecule has 130 valence electrons. The molecule has 1 aliphatic carbocycles. The standard InChI is InChI=1S/C22H20N2.C2H6/c1-21(2)20-14-16-12-13-23-22(20,19-11-7-6-10-18(16)19)15-24(21)17-8-4-3-5-9-17;1-2/h3-11,14-16H,12H2,1-2H3;1-2H3/q+2;/t16-,22+;/m0./s1. The molecule has 0 fully saturated rings. The van der Waals surface area contributed by atoms with Gasteiger partial charge in [0, 0.05) is 31.9 Å². The van der Waals surface area contributed by atoms with Gasteiger partial charge in [0.1, 0.15) is 5.57 Å². The van der Waals surface area contributed by atoms with E-state index >= 15 is 0 Å². The van der Waals surface area contributed by atoms with Gasteiger partial charge < -0.3 is 0 Å². The van der Waals surface area contributed by atoms with E-state index in [1.54, 1.807) is 0 Å². The normalized spacial score (nSPS) is 26.1. The Morgan fingerprint density at radius 2 is 1.69 bits per heavy atom. The molecule has 4 aliphatic rings. The molecule has 26 heavy (non-hydrogen) atoms. The molecule has 0 aromatic heterocycles. The van der Waals surface area contributed by atoms with E-state index in [0.717, 1.165) is 6.42 Å². The van der Waals surface area contributed by atoms with E-state index in [1.165, 1.54) is 22.4 Å². The Hall–Kier alpha value is -2.66. The number of hydrogen-bond acceptors (Lipinski definition) is 0. The van der Waals surface area contributed by atoms with Gasteiger partial charge in [-0.3, -0.25) is 0 Å². The maximum absolute atomic E-state index is 4.97. The summed E-state index contributed by atoms with van der Waals surface area (Å²) in [7, 11) is 0. The molecule has 0 saturated carbocycles. The predicted octanol–water partition coefficient (Wildman–Crippen LogP) is 5.88. The molecule has 2 nitrogen and oxygen atoms in total. The third kappa shape index (κ3) is 2.13. The van der Waals surface area contributed by atoms with Crippen molar-refractivity contribution in [3.8, 4) is 6.07 Å². The summed E-state index contributed by atoms with van der Waals surface area (Å²) in [4.78, 5) is 4.97. The van der Waals surface area contributed by atoms with E-state index in [9.17, 15) is 0 Å². The van der Waals surface area contributed by atoms with Crippen molar-refractivity contribution < 1.29 is 4.58 Å². The van der Waals surface area contributed by atoms with E-state index in [2.05, 4.69) is 91.4 Å². The number of para-hydroxylation sites is 1. The van der Waals surface area contributed by atoms with Crippen LogP contribution in [0.15, 0.2) is 66.2 Å². The quantitative estimate of drug-likeness (QED) is 0.452. The summed E-state index contributed by atoms with van der Waals surface area (Å²) in [6.45, 7) is 8.60. The summed E-state index contributed by atoms with van der Waals surface area (Å²) in [6, 6.07) is 22.7. The zero-order valence-corrected chi connectivity index (χ0v) is 16.0. The molecule has 0 unspecified atom stereocenters. The number of rotatable bonds is 1. The van der Waals surface area contributed by atoms with Gasteiger partial charge in [0.15, 0.2) is 5.54 Å². The van der Waals surface area contributed by atoms with Crippen molar-refractivity contribution in [3.63, 3.8) is 0 Å². The Bertz CT molecular complexity index is 970. The SMILES string of the molecule is CC.CC1(C)C2=C[C@@H]3CC#[N+][C@]2(C=[N+]1c1ccccc1)c1ccccc13. The lowest BCUT2D eigenvalue weighted by Crippen LogP contribution is -2.36. The molecule has 0 radical (unpaired) electrons. The van der Waals surface area contributed by atoms with Gasteiger partial charge >= 0.3 is 5.54 Å². The lowest BCUT2D eigenvalue weighted by molar-refractivity contribution is -0.501. The zero-order valence-electron chi connectivity index (χ0n) is 16.0. The summed E-state index contributed by atoms with van der Waals surface area (Å²) in [5, 5.41) is 0. The molecule has 1 spiro atoms.